The van der Waals surface area contributed by atoms with E-state index < -0.39 is 29.6 Å². The number of hydrogen-bond donors (Lipinski definition) is 4. The number of rotatable bonds is 8. The molecule has 0 spiro atoms. The summed E-state index contributed by atoms with van der Waals surface area (Å²) in [5.41, 5.74) is -0.0401. The molecular formula is C16H19BrF2NO6PS. The van der Waals surface area contributed by atoms with Crippen LogP contribution in [0.1, 0.15) is 41.9 Å². The Morgan fingerprint density at radius 3 is 2.46 bits per heavy atom. The lowest BCUT2D eigenvalue weighted by Gasteiger charge is -2.17. The fraction of sp³-hybridized carbons (Fsp3) is 0.438. The van der Waals surface area contributed by atoms with Gasteiger partial charge in [-0.2, -0.15) is 8.78 Å². The van der Waals surface area contributed by atoms with Crippen LogP contribution in [0.25, 0.3) is 10.1 Å². The fourth-order valence-corrected chi connectivity index (χ4v) is 5.38. The molecule has 0 radical (unpaired) electrons. The number of primary amides is 1. The Morgan fingerprint density at radius 2 is 1.96 bits per heavy atom. The number of carbonyl (C=O) groups is 1. The number of amides is 1. The van der Waals surface area contributed by atoms with Crippen LogP contribution in [-0.4, -0.2) is 33.0 Å². The molecule has 7 nitrogen and oxygen atoms in total. The van der Waals surface area contributed by atoms with Crippen LogP contribution in [0.2, 0.25) is 0 Å². The second-order valence-electron chi connectivity index (χ2n) is 6.81. The molecule has 0 aliphatic heterocycles. The number of aliphatic hydroxyl groups is 1. The van der Waals surface area contributed by atoms with Gasteiger partial charge in [-0.05, 0) is 54.8 Å². The van der Waals surface area contributed by atoms with Crippen molar-refractivity contribution in [1.82, 2.24) is 0 Å². The molecule has 1 amide bonds. The number of benzene rings is 1. The van der Waals surface area contributed by atoms with E-state index in [2.05, 4.69) is 15.9 Å². The van der Waals surface area contributed by atoms with Crippen molar-refractivity contribution in [3.63, 3.8) is 0 Å². The first kappa shape index (κ1) is 23.2. The summed E-state index contributed by atoms with van der Waals surface area (Å²) in [5, 5.41) is 9.86. The van der Waals surface area contributed by atoms with E-state index in [0.717, 1.165) is 0 Å². The Balaban J connectivity index is 2.52. The molecule has 1 heterocycles. The summed E-state index contributed by atoms with van der Waals surface area (Å²) in [5.74, 6) is -0.731. The Kier molecular flexibility index (Phi) is 6.59. The summed E-state index contributed by atoms with van der Waals surface area (Å²) in [6, 6.07) is 2.54. The lowest BCUT2D eigenvalue weighted by Crippen LogP contribution is -2.19. The second kappa shape index (κ2) is 7.97. The SMILES string of the molecule is CC(C)(O)CCCOc1cc(C(N)=O)cc2c(Br)c(C(F)(F)P(=O)(O)O)sc12. The number of ether oxygens (including phenoxy) is 1. The Hall–Kier alpha value is -1.10. The predicted molar refractivity (Wildman–Crippen MR) is 105 cm³/mol. The molecule has 0 saturated carbocycles. The topological polar surface area (TPSA) is 130 Å². The Labute approximate surface area is 171 Å². The van der Waals surface area contributed by atoms with Crippen LogP contribution in [-0.2, 0) is 10.2 Å². The monoisotopic (exact) mass is 501 g/mol. The molecule has 0 bridgehead atoms. The molecule has 0 aliphatic carbocycles. The van der Waals surface area contributed by atoms with E-state index in [-0.39, 0.29) is 32.5 Å². The molecule has 0 atom stereocenters. The van der Waals surface area contributed by atoms with Gasteiger partial charge in [0.1, 0.15) is 10.6 Å². The highest BCUT2D eigenvalue weighted by molar-refractivity contribution is 9.10. The Bertz CT molecular complexity index is 953. The highest BCUT2D eigenvalue weighted by Crippen LogP contribution is 2.63. The molecule has 2 rings (SSSR count). The highest BCUT2D eigenvalue weighted by atomic mass is 79.9. The summed E-state index contributed by atoms with van der Waals surface area (Å²) in [7, 11) is -5.78. The van der Waals surface area contributed by atoms with Crippen LogP contribution < -0.4 is 10.5 Å². The predicted octanol–water partition coefficient (Wildman–Crippen LogP) is 3.92. The fourth-order valence-electron chi connectivity index (χ4n) is 2.40. The van der Waals surface area contributed by atoms with Gasteiger partial charge < -0.3 is 25.4 Å². The van der Waals surface area contributed by atoms with Crippen LogP contribution >= 0.6 is 34.9 Å². The van der Waals surface area contributed by atoms with Gasteiger partial charge in [0, 0.05) is 15.4 Å². The van der Waals surface area contributed by atoms with Gasteiger partial charge >= 0.3 is 13.3 Å². The third-order valence-corrected chi connectivity index (χ3v) is 7.29. The van der Waals surface area contributed by atoms with Crippen LogP contribution in [0, 0.1) is 0 Å². The van der Waals surface area contributed by atoms with Gasteiger partial charge in [0.2, 0.25) is 5.91 Å². The quantitative estimate of drug-likeness (QED) is 0.320. The molecule has 156 valence electrons. The molecule has 0 unspecified atom stereocenters. The zero-order chi connectivity index (χ0) is 21.5. The maximum absolute atomic E-state index is 14.2. The summed E-state index contributed by atoms with van der Waals surface area (Å²) in [6.45, 7) is 3.39. The lowest BCUT2D eigenvalue weighted by molar-refractivity contribution is 0.0595. The van der Waals surface area contributed by atoms with Crippen molar-refractivity contribution in [2.24, 2.45) is 5.73 Å². The summed E-state index contributed by atoms with van der Waals surface area (Å²) in [6.07, 6.45) is 0.866. The van der Waals surface area contributed by atoms with Crippen LogP contribution in [0.4, 0.5) is 8.78 Å². The van der Waals surface area contributed by atoms with Crippen LogP contribution in [0.15, 0.2) is 16.6 Å². The van der Waals surface area contributed by atoms with Crippen LogP contribution in [0.5, 0.6) is 5.75 Å². The van der Waals surface area contributed by atoms with Gasteiger partial charge in [-0.1, -0.05) is 0 Å². The van der Waals surface area contributed by atoms with Crippen molar-refractivity contribution >= 4 is 50.9 Å². The minimum absolute atomic E-state index is 0.00506. The number of alkyl halides is 2. The second-order valence-corrected chi connectivity index (χ2v) is 10.3. The lowest BCUT2D eigenvalue weighted by atomic mass is 10.0. The first-order valence-corrected chi connectivity index (χ1v) is 11.2. The normalized spacial score (nSPS) is 13.1. The standard InChI is InChI=1S/C16H19BrF2NO6PS/c1-15(2,22)4-3-5-26-10-7-8(14(20)21)6-9-11(17)13(28-12(9)10)16(18,19)27(23,24)25/h6-7,22H,3-5H2,1-2H3,(H2,20,21)(H2,23,24,25). The maximum atomic E-state index is 14.2. The molecule has 2 aromatic rings. The zero-order valence-corrected chi connectivity index (χ0v) is 18.2. The van der Waals surface area contributed by atoms with Crippen molar-refractivity contribution < 1.29 is 37.8 Å². The molecule has 1 aromatic carbocycles. The van der Waals surface area contributed by atoms with E-state index in [1.807, 2.05) is 0 Å². The van der Waals surface area contributed by atoms with Crippen molar-refractivity contribution in [2.75, 3.05) is 6.61 Å². The molecule has 0 aliphatic rings. The molecule has 1 aromatic heterocycles. The number of carbonyl (C=O) groups excluding carboxylic acids is 1. The average molecular weight is 502 g/mol. The third-order valence-electron chi connectivity index (χ3n) is 3.81. The van der Waals surface area contributed by atoms with Gasteiger partial charge in [0.15, 0.2) is 0 Å². The number of thiophene rings is 1. The summed E-state index contributed by atoms with van der Waals surface area (Å²) >= 11 is 3.40. The van der Waals surface area contributed by atoms with Gasteiger partial charge in [-0.3, -0.25) is 9.36 Å². The van der Waals surface area contributed by atoms with Crippen molar-refractivity contribution in [2.45, 2.75) is 38.0 Å². The number of fused-ring (bicyclic) bond motifs is 1. The number of hydrogen-bond acceptors (Lipinski definition) is 5. The third kappa shape index (κ3) is 4.90. The average Bonchev–Trinajstić information content (AvgIpc) is 2.87. The number of halogens is 3. The molecule has 28 heavy (non-hydrogen) atoms. The van der Waals surface area contributed by atoms with E-state index in [1.165, 1.54) is 12.1 Å². The van der Waals surface area contributed by atoms with Gasteiger partial charge in [0.25, 0.3) is 0 Å². The van der Waals surface area contributed by atoms with Gasteiger partial charge in [-0.25, -0.2) is 0 Å². The molecular weight excluding hydrogens is 483 g/mol. The minimum Gasteiger partial charge on any atom is -0.492 e. The molecule has 5 N–H and O–H groups in total. The van der Waals surface area contributed by atoms with E-state index in [1.54, 1.807) is 13.8 Å². The smallest absolute Gasteiger partial charge is 0.400 e. The first-order chi connectivity index (χ1) is 12.6. The largest absolute Gasteiger partial charge is 0.492 e. The first-order valence-electron chi connectivity index (χ1n) is 8.00. The van der Waals surface area contributed by atoms with E-state index in [4.69, 9.17) is 20.3 Å². The van der Waals surface area contributed by atoms with E-state index >= 15 is 0 Å². The molecule has 0 saturated heterocycles. The minimum atomic E-state index is -5.78. The number of nitrogens with two attached hydrogens (primary N) is 1. The zero-order valence-electron chi connectivity index (χ0n) is 14.9. The van der Waals surface area contributed by atoms with Crippen LogP contribution in [0.3, 0.4) is 0 Å². The maximum Gasteiger partial charge on any atom is 0.400 e. The molecule has 0 fully saturated rings. The van der Waals surface area contributed by atoms with Crippen molar-refractivity contribution in [1.29, 1.82) is 0 Å². The van der Waals surface area contributed by atoms with E-state index in [9.17, 15) is 23.2 Å². The van der Waals surface area contributed by atoms with E-state index in [0.29, 0.717) is 24.2 Å². The van der Waals surface area contributed by atoms with Crippen molar-refractivity contribution in [3.05, 3.63) is 27.0 Å². The van der Waals surface area contributed by atoms with Gasteiger partial charge in [-0.15, -0.1) is 11.3 Å². The van der Waals surface area contributed by atoms with Crippen molar-refractivity contribution in [3.8, 4) is 5.75 Å². The highest BCUT2D eigenvalue weighted by Gasteiger charge is 2.53. The molecule has 12 heteroatoms. The Morgan fingerprint density at radius 1 is 1.36 bits per heavy atom. The summed E-state index contributed by atoms with van der Waals surface area (Å²) in [4.78, 5) is 28.8. The van der Waals surface area contributed by atoms with Gasteiger partial charge in [0.05, 0.1) is 16.9 Å². The summed E-state index contributed by atoms with van der Waals surface area (Å²) < 4.78 is 45.3.